The van der Waals surface area contributed by atoms with E-state index >= 15 is 0 Å². The van der Waals surface area contributed by atoms with E-state index in [0.29, 0.717) is 11.5 Å². The van der Waals surface area contributed by atoms with Crippen molar-refractivity contribution >= 4 is 39.9 Å². The van der Waals surface area contributed by atoms with Gasteiger partial charge in [-0.3, -0.25) is 4.98 Å². The summed E-state index contributed by atoms with van der Waals surface area (Å²) in [6.07, 6.45) is 7.09. The van der Waals surface area contributed by atoms with E-state index in [2.05, 4.69) is 152 Å². The zero-order valence-electron chi connectivity index (χ0n) is 31.6. The molecule has 8 aromatic rings. The SMILES string of the molecule is Cc1cccc2c1B1N(C)c3ccc(Oc4[c-]c5c(cc4)c4ccccc4n5-c4cc(C(C)(C)C)ccn4)[c-]c3-c3ncc(n31)-c1ccccc1CCC2.[Pt+2]. The normalized spacial score (nSPS) is 13.5. The van der Waals surface area contributed by atoms with Gasteiger partial charge < -0.3 is 18.6 Å². The van der Waals surface area contributed by atoms with Crippen molar-refractivity contribution in [2.75, 3.05) is 11.9 Å². The fraction of sp³-hybridized carbons (Fsp3) is 0.191. The van der Waals surface area contributed by atoms with Gasteiger partial charge >= 0.3 is 28.0 Å². The first-order chi connectivity index (χ1) is 26.2. The monoisotopic (exact) mass is 896 g/mol. The van der Waals surface area contributed by atoms with Gasteiger partial charge in [-0.2, -0.15) is 6.07 Å². The molecule has 10 rings (SSSR count). The second-order valence-corrected chi connectivity index (χ2v) is 15.8. The van der Waals surface area contributed by atoms with E-state index in [1.165, 1.54) is 33.3 Å². The maximum Gasteiger partial charge on any atom is 2.00 e. The molecule has 0 aliphatic carbocycles. The van der Waals surface area contributed by atoms with Gasteiger partial charge in [0.15, 0.2) is 0 Å². The van der Waals surface area contributed by atoms with Gasteiger partial charge in [-0.1, -0.05) is 116 Å². The molecule has 2 aliphatic heterocycles. The third-order valence-corrected chi connectivity index (χ3v) is 11.4. The molecule has 0 spiro atoms. The number of imidazole rings is 1. The molecule has 2 aliphatic rings. The zero-order chi connectivity index (χ0) is 36.7. The first kappa shape index (κ1) is 35.3. The smallest absolute Gasteiger partial charge is 0.503 e. The summed E-state index contributed by atoms with van der Waals surface area (Å²) in [4.78, 5) is 12.4. The Hall–Kier alpha value is -5.39. The predicted octanol–water partition coefficient (Wildman–Crippen LogP) is 9.89. The van der Waals surface area contributed by atoms with Crippen molar-refractivity contribution < 1.29 is 25.8 Å². The quantitative estimate of drug-likeness (QED) is 0.131. The Morgan fingerprint density at radius 1 is 0.782 bits per heavy atom. The van der Waals surface area contributed by atoms with E-state index < -0.39 is 0 Å². The van der Waals surface area contributed by atoms with Crippen molar-refractivity contribution in [3.8, 4) is 40.0 Å². The van der Waals surface area contributed by atoms with Crippen molar-refractivity contribution in [1.29, 1.82) is 0 Å². The Labute approximate surface area is 337 Å². The molecule has 272 valence electrons. The van der Waals surface area contributed by atoms with Crippen LogP contribution in [0, 0.1) is 19.1 Å². The molecule has 0 radical (unpaired) electrons. The summed E-state index contributed by atoms with van der Waals surface area (Å²) >= 11 is 0. The molecule has 0 saturated carbocycles. The van der Waals surface area contributed by atoms with Crippen LogP contribution < -0.4 is 15.0 Å². The Morgan fingerprint density at radius 2 is 1.55 bits per heavy atom. The van der Waals surface area contributed by atoms with Crippen LogP contribution in [-0.4, -0.2) is 33.0 Å². The van der Waals surface area contributed by atoms with Crippen molar-refractivity contribution in [1.82, 2.24) is 19.0 Å². The molecule has 0 fully saturated rings. The molecule has 5 aromatic carbocycles. The summed E-state index contributed by atoms with van der Waals surface area (Å²) in [5.41, 5.74) is 13.0. The van der Waals surface area contributed by atoms with Gasteiger partial charge in [0.1, 0.15) is 5.82 Å². The van der Waals surface area contributed by atoms with Gasteiger partial charge in [-0.15, -0.1) is 23.6 Å². The van der Waals surface area contributed by atoms with Crippen LogP contribution in [0.4, 0.5) is 5.69 Å². The minimum atomic E-state index is -0.0596. The molecule has 5 heterocycles. The molecule has 0 bridgehead atoms. The van der Waals surface area contributed by atoms with Crippen LogP contribution in [0.25, 0.3) is 50.3 Å². The number of nitrogens with zero attached hydrogens (tertiary/aromatic N) is 5. The first-order valence-electron chi connectivity index (χ1n) is 18.9. The van der Waals surface area contributed by atoms with Crippen molar-refractivity contribution in [2.24, 2.45) is 0 Å². The zero-order valence-corrected chi connectivity index (χ0v) is 33.9. The number of hydrogen-bond acceptors (Lipinski definition) is 4. The third kappa shape index (κ3) is 5.74. The van der Waals surface area contributed by atoms with Crippen molar-refractivity contribution in [2.45, 2.75) is 52.4 Å². The topological polar surface area (TPSA) is 48.1 Å². The summed E-state index contributed by atoms with van der Waals surface area (Å²) in [5, 5.41) is 2.25. The summed E-state index contributed by atoms with van der Waals surface area (Å²) in [6, 6.07) is 43.9. The third-order valence-electron chi connectivity index (χ3n) is 11.4. The second-order valence-electron chi connectivity index (χ2n) is 15.8. The minimum Gasteiger partial charge on any atom is -0.503 e. The fourth-order valence-electron chi connectivity index (χ4n) is 8.69. The average Bonchev–Trinajstić information content (AvgIpc) is 3.75. The maximum atomic E-state index is 6.65. The number of pyridine rings is 1. The van der Waals surface area contributed by atoms with E-state index in [4.69, 9.17) is 14.7 Å². The standard InChI is InChI=1S/C47H40BN5O.Pt/c1-30-12-10-15-32-16-11-14-31-13-6-7-17-36(31)43-29-50-46-39-27-34(21-23-40(39)51(5)48(45(30)32)53(43)46)54-35-20-22-38-37-18-8-9-19-41(37)52(42(38)28-35)44-26-33(24-25-49-44)47(2,3)4;/h6-10,12-13,15,17-26,29H,11,14,16H2,1-5H3;/q-2;+2. The number of anilines is 1. The van der Waals surface area contributed by atoms with E-state index in [9.17, 15) is 0 Å². The van der Waals surface area contributed by atoms with Gasteiger partial charge in [-0.05, 0) is 84.4 Å². The number of rotatable bonds is 3. The van der Waals surface area contributed by atoms with E-state index in [1.807, 2.05) is 24.5 Å². The molecule has 0 amide bonds. The molecule has 6 nitrogen and oxygen atoms in total. The van der Waals surface area contributed by atoms with E-state index in [-0.39, 0.29) is 33.5 Å². The van der Waals surface area contributed by atoms with E-state index in [0.717, 1.165) is 69.7 Å². The Balaban J connectivity index is 0.00000397. The van der Waals surface area contributed by atoms with Crippen LogP contribution >= 0.6 is 0 Å². The maximum absolute atomic E-state index is 6.65. The number of para-hydroxylation sites is 1. The number of hydrogen-bond donors (Lipinski definition) is 0. The molecule has 0 unspecified atom stereocenters. The molecular formula is C47H40BN5OPt. The summed E-state index contributed by atoms with van der Waals surface area (Å²) < 4.78 is 11.3. The van der Waals surface area contributed by atoms with Gasteiger partial charge in [0.25, 0.3) is 0 Å². The molecule has 55 heavy (non-hydrogen) atoms. The number of aromatic nitrogens is 4. The van der Waals surface area contributed by atoms with Crippen LogP contribution in [0.1, 0.15) is 49.4 Å². The van der Waals surface area contributed by atoms with Gasteiger partial charge in [0, 0.05) is 46.5 Å². The molecule has 8 heteroatoms. The number of ether oxygens (including phenoxy) is 1. The van der Waals surface area contributed by atoms with Crippen LogP contribution in [0.15, 0.2) is 116 Å². The van der Waals surface area contributed by atoms with Crippen LogP contribution in [0.5, 0.6) is 11.5 Å². The summed E-state index contributed by atoms with van der Waals surface area (Å²) in [6.45, 7) is 8.87. The van der Waals surface area contributed by atoms with Crippen LogP contribution in [0.3, 0.4) is 0 Å². The predicted molar refractivity (Wildman–Crippen MR) is 221 cm³/mol. The Kier molecular flexibility index (Phi) is 8.62. The number of benzene rings is 5. The number of aryl methyl sites for hydroxylation is 3. The fourth-order valence-corrected chi connectivity index (χ4v) is 8.69. The molecular weight excluding hydrogens is 856 g/mol. The van der Waals surface area contributed by atoms with Crippen molar-refractivity contribution in [3.63, 3.8) is 0 Å². The van der Waals surface area contributed by atoms with Crippen LogP contribution in [-0.2, 0) is 39.3 Å². The van der Waals surface area contributed by atoms with Crippen LogP contribution in [0.2, 0.25) is 0 Å². The summed E-state index contributed by atoms with van der Waals surface area (Å²) in [7, 11) is 2.20. The van der Waals surface area contributed by atoms with Gasteiger partial charge in [0.2, 0.25) is 0 Å². The molecule has 0 N–H and O–H groups in total. The second kappa shape index (κ2) is 13.4. The largest absolute Gasteiger partial charge is 2.00 e. The van der Waals surface area contributed by atoms with E-state index in [1.54, 1.807) is 0 Å². The molecule has 0 saturated heterocycles. The molecule has 0 atom stereocenters. The average molecular weight is 897 g/mol. The molecule has 3 aromatic heterocycles. The Bertz CT molecular complexity index is 2780. The minimum absolute atomic E-state index is 0. The summed E-state index contributed by atoms with van der Waals surface area (Å²) in [5.74, 6) is 2.98. The van der Waals surface area contributed by atoms with Gasteiger partial charge in [0.05, 0.1) is 0 Å². The number of fused-ring (bicyclic) bond motifs is 9. The van der Waals surface area contributed by atoms with Gasteiger partial charge in [-0.25, -0.2) is 4.98 Å². The Morgan fingerprint density at radius 3 is 2.42 bits per heavy atom. The first-order valence-corrected chi connectivity index (χ1v) is 18.9. The van der Waals surface area contributed by atoms with Crippen molar-refractivity contribution in [3.05, 3.63) is 150 Å².